The quantitative estimate of drug-likeness (QED) is 0.884. The Balaban J connectivity index is 2.31. The standard InChI is InChI=1S/C12H12N2O3S2/c1-6-10(19-12(13-6)14-7(2)15)8-4-5-9(18-8)11(16)17-3/h4-5H,1-3H3,(H,13,14,15). The predicted molar refractivity (Wildman–Crippen MR) is 75.8 cm³/mol. The lowest BCUT2D eigenvalue weighted by molar-refractivity contribution is -0.114. The molecule has 2 rings (SSSR count). The van der Waals surface area contributed by atoms with Crippen molar-refractivity contribution in [1.29, 1.82) is 0 Å². The number of aryl methyl sites for hydroxylation is 1. The maximum atomic E-state index is 11.4. The van der Waals surface area contributed by atoms with Gasteiger partial charge in [-0.2, -0.15) is 0 Å². The van der Waals surface area contributed by atoms with Gasteiger partial charge >= 0.3 is 5.97 Å². The van der Waals surface area contributed by atoms with Gasteiger partial charge in [-0.05, 0) is 19.1 Å². The zero-order valence-corrected chi connectivity index (χ0v) is 12.3. The molecule has 0 aliphatic heterocycles. The van der Waals surface area contributed by atoms with Crippen LogP contribution in [-0.2, 0) is 9.53 Å². The second-order valence-corrected chi connectivity index (χ2v) is 5.85. The van der Waals surface area contributed by atoms with Gasteiger partial charge in [-0.25, -0.2) is 9.78 Å². The molecule has 0 unspecified atom stereocenters. The number of nitrogens with zero attached hydrogens (tertiary/aromatic N) is 1. The van der Waals surface area contributed by atoms with Crippen LogP contribution in [-0.4, -0.2) is 24.0 Å². The Morgan fingerprint density at radius 3 is 2.68 bits per heavy atom. The molecule has 0 fully saturated rings. The Hall–Kier alpha value is -1.73. The largest absolute Gasteiger partial charge is 0.465 e. The Morgan fingerprint density at radius 1 is 1.32 bits per heavy atom. The summed E-state index contributed by atoms with van der Waals surface area (Å²) in [6, 6.07) is 3.58. The van der Waals surface area contributed by atoms with E-state index in [1.807, 2.05) is 13.0 Å². The van der Waals surface area contributed by atoms with Gasteiger partial charge in [-0.1, -0.05) is 11.3 Å². The number of carbonyl (C=O) groups excluding carboxylic acids is 2. The van der Waals surface area contributed by atoms with Gasteiger partial charge in [0.25, 0.3) is 0 Å². The molecule has 0 aliphatic carbocycles. The number of aromatic nitrogens is 1. The lowest BCUT2D eigenvalue weighted by atomic mass is 10.3. The molecule has 2 heterocycles. The number of hydrogen-bond donors (Lipinski definition) is 1. The molecule has 1 N–H and O–H groups in total. The fraction of sp³-hybridized carbons (Fsp3) is 0.250. The molecule has 7 heteroatoms. The van der Waals surface area contributed by atoms with Crippen molar-refractivity contribution < 1.29 is 14.3 Å². The maximum Gasteiger partial charge on any atom is 0.348 e. The zero-order valence-electron chi connectivity index (χ0n) is 10.6. The Kier molecular flexibility index (Phi) is 3.96. The first-order valence-corrected chi connectivity index (χ1v) is 7.08. The minimum absolute atomic E-state index is 0.151. The topological polar surface area (TPSA) is 68.3 Å². The first kappa shape index (κ1) is 13.7. The number of esters is 1. The average molecular weight is 296 g/mol. The van der Waals surface area contributed by atoms with Crippen LogP contribution in [0.25, 0.3) is 9.75 Å². The summed E-state index contributed by atoms with van der Waals surface area (Å²) in [6.07, 6.45) is 0. The number of thiazole rings is 1. The number of hydrogen-bond acceptors (Lipinski definition) is 6. The number of rotatable bonds is 3. The van der Waals surface area contributed by atoms with Crippen molar-refractivity contribution in [2.24, 2.45) is 0 Å². The van der Waals surface area contributed by atoms with E-state index >= 15 is 0 Å². The van der Waals surface area contributed by atoms with E-state index < -0.39 is 0 Å². The zero-order chi connectivity index (χ0) is 14.0. The van der Waals surface area contributed by atoms with Crippen LogP contribution in [0.3, 0.4) is 0 Å². The summed E-state index contributed by atoms with van der Waals surface area (Å²) < 4.78 is 4.68. The molecule has 0 atom stereocenters. The lowest BCUT2D eigenvalue weighted by Gasteiger charge is -1.93. The van der Waals surface area contributed by atoms with Gasteiger partial charge in [0.2, 0.25) is 5.91 Å². The summed E-state index contributed by atoms with van der Waals surface area (Å²) in [5, 5.41) is 3.22. The molecule has 0 bridgehead atoms. The summed E-state index contributed by atoms with van der Waals surface area (Å²) in [6.45, 7) is 3.31. The highest BCUT2D eigenvalue weighted by Crippen LogP contribution is 2.37. The molecule has 0 saturated carbocycles. The first-order chi connectivity index (χ1) is 9.01. The number of thiophene rings is 1. The van der Waals surface area contributed by atoms with Crippen molar-refractivity contribution in [3.05, 3.63) is 22.7 Å². The van der Waals surface area contributed by atoms with Crippen molar-refractivity contribution in [3.8, 4) is 9.75 Å². The third-order valence-electron chi connectivity index (χ3n) is 2.30. The molecule has 0 spiro atoms. The molecule has 0 saturated heterocycles. The number of nitrogens with one attached hydrogen (secondary N) is 1. The molecule has 100 valence electrons. The van der Waals surface area contributed by atoms with Gasteiger partial charge in [0.15, 0.2) is 5.13 Å². The number of ether oxygens (including phenoxy) is 1. The SMILES string of the molecule is COC(=O)c1ccc(-c2sc(NC(C)=O)nc2C)s1. The van der Waals surface area contributed by atoms with Gasteiger partial charge in [0.05, 0.1) is 17.7 Å². The fourth-order valence-electron chi connectivity index (χ4n) is 1.50. The second kappa shape index (κ2) is 5.50. The van der Waals surface area contributed by atoms with Crippen LogP contribution >= 0.6 is 22.7 Å². The van der Waals surface area contributed by atoms with Crippen LogP contribution in [0.4, 0.5) is 5.13 Å². The molecule has 0 aliphatic rings. The summed E-state index contributed by atoms with van der Waals surface area (Å²) in [4.78, 5) is 29.1. The maximum absolute atomic E-state index is 11.4. The minimum Gasteiger partial charge on any atom is -0.465 e. The number of anilines is 1. The normalized spacial score (nSPS) is 10.3. The van der Waals surface area contributed by atoms with Gasteiger partial charge in [0.1, 0.15) is 4.88 Å². The van der Waals surface area contributed by atoms with Crippen molar-refractivity contribution >= 4 is 39.7 Å². The summed E-state index contributed by atoms with van der Waals surface area (Å²) >= 11 is 2.74. The van der Waals surface area contributed by atoms with E-state index in [0.717, 1.165) is 15.4 Å². The average Bonchev–Trinajstić information content (AvgIpc) is 2.94. The van der Waals surface area contributed by atoms with Crippen LogP contribution in [0.2, 0.25) is 0 Å². The van der Waals surface area contributed by atoms with Crippen LogP contribution in [0.5, 0.6) is 0 Å². The third-order valence-corrected chi connectivity index (χ3v) is 4.61. The van der Waals surface area contributed by atoms with E-state index in [-0.39, 0.29) is 11.9 Å². The first-order valence-electron chi connectivity index (χ1n) is 5.45. The lowest BCUT2D eigenvalue weighted by Crippen LogP contribution is -2.04. The Labute approximate surface area is 118 Å². The van der Waals surface area contributed by atoms with E-state index in [1.54, 1.807) is 6.07 Å². The molecule has 19 heavy (non-hydrogen) atoms. The van der Waals surface area contributed by atoms with Crippen LogP contribution < -0.4 is 5.32 Å². The van der Waals surface area contributed by atoms with Crippen molar-refractivity contribution in [2.75, 3.05) is 12.4 Å². The number of carbonyl (C=O) groups is 2. The number of methoxy groups -OCH3 is 1. The fourth-order valence-corrected chi connectivity index (χ4v) is 3.60. The molecular weight excluding hydrogens is 284 g/mol. The highest BCUT2D eigenvalue weighted by Gasteiger charge is 2.15. The predicted octanol–water partition coefficient (Wildman–Crippen LogP) is 2.93. The monoisotopic (exact) mass is 296 g/mol. The second-order valence-electron chi connectivity index (χ2n) is 3.77. The molecule has 2 aromatic rings. The highest BCUT2D eigenvalue weighted by molar-refractivity contribution is 7.24. The summed E-state index contributed by atoms with van der Waals surface area (Å²) in [5.74, 6) is -0.498. The van der Waals surface area contributed by atoms with Gasteiger partial charge in [-0.3, -0.25) is 4.79 Å². The van der Waals surface area contributed by atoms with Crippen molar-refractivity contribution in [2.45, 2.75) is 13.8 Å². The highest BCUT2D eigenvalue weighted by atomic mass is 32.1. The van der Waals surface area contributed by atoms with Gasteiger partial charge in [0, 0.05) is 11.8 Å². The van der Waals surface area contributed by atoms with Crippen molar-refractivity contribution in [1.82, 2.24) is 4.98 Å². The number of amides is 1. The molecule has 5 nitrogen and oxygen atoms in total. The van der Waals surface area contributed by atoms with Crippen LogP contribution in [0, 0.1) is 6.92 Å². The van der Waals surface area contributed by atoms with E-state index in [4.69, 9.17) is 0 Å². The van der Waals surface area contributed by atoms with Gasteiger partial charge < -0.3 is 10.1 Å². The van der Waals surface area contributed by atoms with Gasteiger partial charge in [-0.15, -0.1) is 11.3 Å². The van der Waals surface area contributed by atoms with Crippen molar-refractivity contribution in [3.63, 3.8) is 0 Å². The van der Waals surface area contributed by atoms with E-state index in [9.17, 15) is 9.59 Å². The van der Waals surface area contributed by atoms with E-state index in [0.29, 0.717) is 10.0 Å². The van der Waals surface area contributed by atoms with E-state index in [2.05, 4.69) is 15.0 Å². The third kappa shape index (κ3) is 2.99. The van der Waals surface area contributed by atoms with E-state index in [1.165, 1.54) is 36.7 Å². The Bertz CT molecular complexity index is 631. The molecule has 0 radical (unpaired) electrons. The summed E-state index contributed by atoms with van der Waals surface area (Å²) in [7, 11) is 1.36. The molecular formula is C12H12N2O3S2. The Morgan fingerprint density at radius 2 is 2.05 bits per heavy atom. The molecule has 0 aromatic carbocycles. The molecule has 2 aromatic heterocycles. The van der Waals surface area contributed by atoms with Crippen LogP contribution in [0.1, 0.15) is 22.3 Å². The molecule has 1 amide bonds. The minimum atomic E-state index is -0.347. The van der Waals surface area contributed by atoms with Crippen LogP contribution in [0.15, 0.2) is 12.1 Å². The smallest absolute Gasteiger partial charge is 0.348 e. The summed E-state index contributed by atoms with van der Waals surface area (Å²) in [5.41, 5.74) is 0.826.